The van der Waals surface area contributed by atoms with E-state index in [-0.39, 0.29) is 34.8 Å². The Hall–Kier alpha value is -2.54. The van der Waals surface area contributed by atoms with Gasteiger partial charge >= 0.3 is 6.18 Å². The van der Waals surface area contributed by atoms with Crippen LogP contribution in [0.3, 0.4) is 0 Å². The van der Waals surface area contributed by atoms with Gasteiger partial charge in [0.05, 0.1) is 32.9 Å². The van der Waals surface area contributed by atoms with Crippen molar-refractivity contribution in [3.05, 3.63) is 46.6 Å². The molecule has 0 bridgehead atoms. The van der Waals surface area contributed by atoms with E-state index in [1.165, 1.54) is 30.6 Å². The van der Waals surface area contributed by atoms with Gasteiger partial charge in [0.2, 0.25) is 5.95 Å². The summed E-state index contributed by atoms with van der Waals surface area (Å²) in [6, 6.07) is 5.54. The number of likely N-dealkylation sites (N-methyl/N-ethyl adjacent to an activating group) is 1. The third kappa shape index (κ3) is 5.88. The molecule has 7 nitrogen and oxygen atoms in total. The number of hydrogen-bond acceptors (Lipinski definition) is 8. The van der Waals surface area contributed by atoms with Gasteiger partial charge in [0.1, 0.15) is 12.2 Å². The van der Waals surface area contributed by atoms with Crippen LogP contribution in [0.2, 0.25) is 0 Å². The molecule has 0 radical (unpaired) electrons. The first kappa shape index (κ1) is 26.5. The van der Waals surface area contributed by atoms with Crippen molar-refractivity contribution in [1.82, 2.24) is 14.9 Å². The number of hydrogen-bond donors (Lipinski definition) is 1. The maximum atomic E-state index is 13.9. The summed E-state index contributed by atoms with van der Waals surface area (Å²) in [6.07, 6.45) is -1.56. The zero-order chi connectivity index (χ0) is 26.0. The lowest BCUT2D eigenvalue weighted by molar-refractivity contribution is -0.137. The van der Waals surface area contributed by atoms with Gasteiger partial charge in [0.25, 0.3) is 0 Å². The Balaban J connectivity index is 1.72. The number of rotatable bonds is 8. The highest BCUT2D eigenvalue weighted by Gasteiger charge is 2.36. The van der Waals surface area contributed by atoms with E-state index in [1.807, 2.05) is 13.0 Å². The molecule has 3 heterocycles. The largest absolute Gasteiger partial charge is 0.481 e. The number of nitrogens with one attached hydrogen (secondary N) is 1. The van der Waals surface area contributed by atoms with Crippen LogP contribution in [0.1, 0.15) is 22.3 Å². The molecule has 1 N–H and O–H groups in total. The zero-order valence-electron chi connectivity index (χ0n) is 20.4. The maximum absolute atomic E-state index is 13.9. The van der Waals surface area contributed by atoms with E-state index >= 15 is 0 Å². The minimum atomic E-state index is -4.67. The Bertz CT molecular complexity index is 1280. The highest BCUT2D eigenvalue weighted by Crippen LogP contribution is 2.43. The fourth-order valence-corrected chi connectivity index (χ4v) is 6.02. The number of alkyl halides is 3. The fourth-order valence-electron chi connectivity index (χ4n) is 3.96. The number of fused-ring (bicyclic) bond motifs is 1. The van der Waals surface area contributed by atoms with Crippen molar-refractivity contribution in [3.63, 3.8) is 0 Å². The number of aromatic nitrogens is 2. The van der Waals surface area contributed by atoms with Crippen molar-refractivity contribution in [3.8, 4) is 15.6 Å². The number of benzene rings is 1. The van der Waals surface area contributed by atoms with Gasteiger partial charge in [-0.1, -0.05) is 17.4 Å². The van der Waals surface area contributed by atoms with Gasteiger partial charge in [0, 0.05) is 38.3 Å². The Kier molecular flexibility index (Phi) is 7.98. The van der Waals surface area contributed by atoms with E-state index in [4.69, 9.17) is 9.47 Å². The summed E-state index contributed by atoms with van der Waals surface area (Å²) in [5, 5.41) is 3.38. The molecule has 36 heavy (non-hydrogen) atoms. The minimum Gasteiger partial charge on any atom is -0.481 e. The van der Waals surface area contributed by atoms with Gasteiger partial charge in [-0.3, -0.25) is 4.21 Å². The molecule has 1 unspecified atom stereocenters. The van der Waals surface area contributed by atoms with E-state index < -0.39 is 22.5 Å². The summed E-state index contributed by atoms with van der Waals surface area (Å²) in [4.78, 5) is 11.0. The first-order valence-corrected chi connectivity index (χ1v) is 13.6. The molecule has 1 aliphatic heterocycles. The monoisotopic (exact) mass is 540 g/mol. The molecule has 1 aromatic carbocycles. The van der Waals surface area contributed by atoms with E-state index in [0.29, 0.717) is 4.90 Å². The number of nitrogens with zero attached hydrogens (tertiary/aromatic N) is 3. The van der Waals surface area contributed by atoms with Crippen molar-refractivity contribution < 1.29 is 26.9 Å². The second-order valence-electron chi connectivity index (χ2n) is 8.56. The smallest absolute Gasteiger partial charge is 0.420 e. The molecule has 0 amide bonds. The molecule has 194 valence electrons. The summed E-state index contributed by atoms with van der Waals surface area (Å²) < 4.78 is 64.5. The lowest BCUT2D eigenvalue weighted by Crippen LogP contribution is -2.26. The number of halogens is 3. The van der Waals surface area contributed by atoms with Crippen LogP contribution in [0.25, 0.3) is 10.6 Å². The van der Waals surface area contributed by atoms with Crippen molar-refractivity contribution >= 4 is 33.8 Å². The molecule has 0 fully saturated rings. The Morgan fingerprint density at radius 2 is 2.00 bits per heavy atom. The standard InChI is InChI=1S/C24H27F3N4O3S2/c1-14-9-16-13-31(2)6-5-15(16)10-18(14)29-23-28-12-17(24(25,26)27)21(30-23)19-11-20(36(4)32)22(35-19)34-8-7-33-3/h9-12H,5-8,13H2,1-4H3,(H,28,29,30). The maximum Gasteiger partial charge on any atom is 0.420 e. The van der Waals surface area contributed by atoms with Crippen LogP contribution in [0.5, 0.6) is 5.06 Å². The first-order valence-electron chi connectivity index (χ1n) is 11.2. The fraction of sp³-hybridized carbons (Fsp3) is 0.417. The van der Waals surface area contributed by atoms with E-state index in [2.05, 4.69) is 33.3 Å². The number of ether oxygens (including phenoxy) is 2. The summed E-state index contributed by atoms with van der Waals surface area (Å²) >= 11 is 0.965. The molecule has 1 aliphatic rings. The Morgan fingerprint density at radius 3 is 2.69 bits per heavy atom. The number of methoxy groups -OCH3 is 1. The number of aryl methyl sites for hydroxylation is 1. The SMILES string of the molecule is COCCOc1sc(-c2nc(Nc3cc4c(cc3C)CN(C)CC4)ncc2C(F)(F)F)cc1S(C)=O. The lowest BCUT2D eigenvalue weighted by Gasteiger charge is -2.26. The van der Waals surface area contributed by atoms with Gasteiger partial charge in [-0.05, 0) is 49.2 Å². The summed E-state index contributed by atoms with van der Waals surface area (Å²) in [5.41, 5.74) is 2.85. The van der Waals surface area contributed by atoms with Crippen LogP contribution in [0, 0.1) is 6.92 Å². The zero-order valence-corrected chi connectivity index (χ0v) is 22.0. The van der Waals surface area contributed by atoms with E-state index in [1.54, 1.807) is 0 Å². The molecule has 0 aliphatic carbocycles. The Labute approximate surface area is 214 Å². The highest BCUT2D eigenvalue weighted by molar-refractivity contribution is 7.84. The van der Waals surface area contributed by atoms with Gasteiger partial charge in [0.15, 0.2) is 5.06 Å². The minimum absolute atomic E-state index is 0.0448. The summed E-state index contributed by atoms with van der Waals surface area (Å²) in [6.45, 7) is 4.19. The molecule has 1 atom stereocenters. The van der Waals surface area contributed by atoms with Gasteiger partial charge in [-0.15, -0.1) is 0 Å². The third-order valence-electron chi connectivity index (χ3n) is 5.82. The molecule has 12 heteroatoms. The first-order chi connectivity index (χ1) is 17.1. The number of thiophene rings is 1. The van der Waals surface area contributed by atoms with Crippen molar-refractivity contribution in [2.24, 2.45) is 0 Å². The molecule has 0 saturated heterocycles. The van der Waals surface area contributed by atoms with Crippen LogP contribution >= 0.6 is 11.3 Å². The predicted octanol–water partition coefficient (Wildman–Crippen LogP) is 5.03. The van der Waals surface area contributed by atoms with Crippen LogP contribution in [-0.4, -0.2) is 59.2 Å². The average molecular weight is 541 g/mol. The van der Waals surface area contributed by atoms with E-state index in [0.717, 1.165) is 48.3 Å². The topological polar surface area (TPSA) is 76.6 Å². The van der Waals surface area contributed by atoms with Gasteiger partial charge < -0.3 is 19.7 Å². The van der Waals surface area contributed by atoms with Crippen molar-refractivity contribution in [2.45, 2.75) is 31.0 Å². The highest BCUT2D eigenvalue weighted by atomic mass is 32.2. The molecular formula is C24H27F3N4O3S2. The summed E-state index contributed by atoms with van der Waals surface area (Å²) in [5.74, 6) is 0.0448. The van der Waals surface area contributed by atoms with Crippen molar-refractivity contribution in [1.29, 1.82) is 0 Å². The average Bonchev–Trinajstić information content (AvgIpc) is 3.24. The normalized spacial score (nSPS) is 15.0. The van der Waals surface area contributed by atoms with Crippen LogP contribution in [-0.2, 0) is 34.7 Å². The van der Waals surface area contributed by atoms with Gasteiger partial charge in [-0.25, -0.2) is 9.97 Å². The predicted molar refractivity (Wildman–Crippen MR) is 135 cm³/mol. The Morgan fingerprint density at radius 1 is 1.22 bits per heavy atom. The second kappa shape index (κ2) is 10.8. The molecule has 4 rings (SSSR count). The molecule has 0 saturated carbocycles. The van der Waals surface area contributed by atoms with Crippen LogP contribution < -0.4 is 10.1 Å². The molecule has 2 aromatic heterocycles. The van der Waals surface area contributed by atoms with Crippen LogP contribution in [0.15, 0.2) is 29.3 Å². The quantitative estimate of drug-likeness (QED) is 0.402. The second-order valence-corrected chi connectivity index (χ2v) is 10.9. The molecule has 3 aromatic rings. The third-order valence-corrected chi connectivity index (χ3v) is 7.93. The van der Waals surface area contributed by atoms with Crippen molar-refractivity contribution in [2.75, 3.05) is 45.5 Å². The summed E-state index contributed by atoms with van der Waals surface area (Å²) in [7, 11) is 2.11. The van der Waals surface area contributed by atoms with Gasteiger partial charge in [-0.2, -0.15) is 13.2 Å². The van der Waals surface area contributed by atoms with Crippen LogP contribution in [0.4, 0.5) is 24.8 Å². The molecular weight excluding hydrogens is 513 g/mol. The molecule has 0 spiro atoms. The van der Waals surface area contributed by atoms with E-state index in [9.17, 15) is 17.4 Å². The lowest BCUT2D eigenvalue weighted by atomic mass is 9.96. The number of anilines is 2.